The smallest absolute Gasteiger partial charge is 0.337 e. The van der Waals surface area contributed by atoms with Crippen molar-refractivity contribution in [2.24, 2.45) is 5.41 Å². The first kappa shape index (κ1) is 21.6. The van der Waals surface area contributed by atoms with Crippen molar-refractivity contribution in [1.82, 2.24) is 0 Å². The van der Waals surface area contributed by atoms with Crippen LogP contribution in [0.25, 0.3) is 0 Å². The van der Waals surface area contributed by atoms with Crippen molar-refractivity contribution in [3.05, 3.63) is 95.1 Å². The molecule has 32 heavy (non-hydrogen) atoms. The number of esters is 1. The Morgan fingerprint density at radius 2 is 1.75 bits per heavy atom. The quantitative estimate of drug-likeness (QED) is 0.535. The number of ether oxygens (including phenoxy) is 1. The van der Waals surface area contributed by atoms with E-state index in [1.807, 2.05) is 54.6 Å². The second kappa shape index (κ2) is 8.87. The van der Waals surface area contributed by atoms with Gasteiger partial charge >= 0.3 is 5.97 Å². The summed E-state index contributed by atoms with van der Waals surface area (Å²) in [6.07, 6.45) is 1.19. The Labute approximate surface area is 188 Å². The molecule has 5 nitrogen and oxygen atoms in total. The minimum absolute atomic E-state index is 0.0320. The van der Waals surface area contributed by atoms with Crippen molar-refractivity contribution in [2.45, 2.75) is 32.7 Å². The van der Waals surface area contributed by atoms with E-state index in [-0.39, 0.29) is 23.3 Å². The van der Waals surface area contributed by atoms with Gasteiger partial charge in [-0.05, 0) is 58.9 Å². The number of carbonyl (C=O) groups excluding carboxylic acids is 2. The molecular weight excluding hydrogens is 400 g/mol. The number of benzene rings is 3. The van der Waals surface area contributed by atoms with Crippen LogP contribution in [0.15, 0.2) is 72.8 Å². The van der Waals surface area contributed by atoms with Crippen molar-refractivity contribution in [1.29, 1.82) is 0 Å². The summed E-state index contributed by atoms with van der Waals surface area (Å²) in [6.45, 7) is 4.43. The normalized spacial score (nSPS) is 16.4. The summed E-state index contributed by atoms with van der Waals surface area (Å²) in [6, 6.07) is 23.5. The lowest BCUT2D eigenvalue weighted by Crippen LogP contribution is -2.35. The highest BCUT2D eigenvalue weighted by Crippen LogP contribution is 2.45. The molecule has 5 heteroatoms. The van der Waals surface area contributed by atoms with Crippen LogP contribution in [-0.2, 0) is 22.4 Å². The monoisotopic (exact) mass is 428 g/mol. The lowest BCUT2D eigenvalue weighted by atomic mass is 9.72. The molecular formula is C27H28N2O3. The third kappa shape index (κ3) is 4.67. The molecule has 0 bridgehead atoms. The molecule has 1 atom stereocenters. The van der Waals surface area contributed by atoms with E-state index in [1.165, 1.54) is 7.11 Å². The second-order valence-electron chi connectivity index (χ2n) is 8.94. The molecule has 1 aliphatic rings. The third-order valence-corrected chi connectivity index (χ3v) is 5.99. The Balaban J connectivity index is 1.47. The summed E-state index contributed by atoms with van der Waals surface area (Å²) in [7, 11) is 1.40. The SMILES string of the molecule is COC(=O)c1ccc2c(c1)CC(C)(C)C(c1ccc(NC(=O)Cc3ccccc3)cc1)N2. The van der Waals surface area contributed by atoms with Crippen LogP contribution >= 0.6 is 0 Å². The summed E-state index contributed by atoms with van der Waals surface area (Å²) in [5.41, 5.74) is 5.56. The lowest BCUT2D eigenvalue weighted by Gasteiger charge is -2.41. The van der Waals surface area contributed by atoms with E-state index in [0.717, 1.165) is 34.5 Å². The number of anilines is 2. The molecule has 1 aliphatic heterocycles. The first-order valence-corrected chi connectivity index (χ1v) is 10.8. The number of amides is 1. The lowest BCUT2D eigenvalue weighted by molar-refractivity contribution is -0.115. The number of hydrogen-bond donors (Lipinski definition) is 2. The van der Waals surface area contributed by atoms with Crippen LogP contribution in [0, 0.1) is 5.41 Å². The molecule has 1 amide bonds. The zero-order valence-electron chi connectivity index (χ0n) is 18.6. The molecule has 3 aromatic carbocycles. The highest BCUT2D eigenvalue weighted by atomic mass is 16.5. The molecule has 0 aliphatic carbocycles. The van der Waals surface area contributed by atoms with Crippen molar-refractivity contribution in [2.75, 3.05) is 17.7 Å². The summed E-state index contributed by atoms with van der Waals surface area (Å²) in [5, 5.41) is 6.62. The highest BCUT2D eigenvalue weighted by Gasteiger charge is 2.36. The van der Waals surface area contributed by atoms with Crippen LogP contribution in [0.3, 0.4) is 0 Å². The fourth-order valence-corrected chi connectivity index (χ4v) is 4.35. The van der Waals surface area contributed by atoms with Gasteiger partial charge in [-0.25, -0.2) is 4.79 Å². The number of rotatable bonds is 5. The van der Waals surface area contributed by atoms with Crippen LogP contribution in [0.5, 0.6) is 0 Å². The molecule has 0 radical (unpaired) electrons. The molecule has 0 saturated carbocycles. The second-order valence-corrected chi connectivity index (χ2v) is 8.94. The molecule has 1 unspecified atom stereocenters. The first-order valence-electron chi connectivity index (χ1n) is 10.8. The van der Waals surface area contributed by atoms with Crippen molar-refractivity contribution in [3.63, 3.8) is 0 Å². The van der Waals surface area contributed by atoms with E-state index in [1.54, 1.807) is 6.07 Å². The summed E-state index contributed by atoms with van der Waals surface area (Å²) < 4.78 is 4.85. The molecule has 0 spiro atoms. The van der Waals surface area contributed by atoms with Gasteiger partial charge in [0.25, 0.3) is 0 Å². The Morgan fingerprint density at radius 3 is 2.44 bits per heavy atom. The standard InChI is InChI=1S/C27H28N2O3/c1-27(2)17-21-16-20(26(31)32-3)11-14-23(21)29-25(27)19-9-12-22(13-10-19)28-24(30)15-18-7-5-4-6-8-18/h4-14,16,25,29H,15,17H2,1-3H3,(H,28,30). The minimum Gasteiger partial charge on any atom is -0.465 e. The van der Waals surface area contributed by atoms with Gasteiger partial charge in [-0.2, -0.15) is 0 Å². The summed E-state index contributed by atoms with van der Waals surface area (Å²) >= 11 is 0. The number of carbonyl (C=O) groups is 2. The maximum absolute atomic E-state index is 12.3. The minimum atomic E-state index is -0.322. The van der Waals surface area contributed by atoms with Gasteiger partial charge in [0.1, 0.15) is 0 Å². The van der Waals surface area contributed by atoms with Crippen molar-refractivity contribution < 1.29 is 14.3 Å². The summed E-state index contributed by atoms with van der Waals surface area (Å²) in [4.78, 5) is 24.2. The zero-order valence-corrected chi connectivity index (χ0v) is 18.6. The van der Waals surface area contributed by atoms with Gasteiger partial charge in [-0.3, -0.25) is 4.79 Å². The van der Waals surface area contributed by atoms with E-state index in [9.17, 15) is 9.59 Å². The van der Waals surface area contributed by atoms with Crippen LogP contribution in [0.4, 0.5) is 11.4 Å². The Kier molecular flexibility index (Phi) is 5.99. The zero-order chi connectivity index (χ0) is 22.7. The van der Waals surface area contributed by atoms with Crippen LogP contribution < -0.4 is 10.6 Å². The highest BCUT2D eigenvalue weighted by molar-refractivity contribution is 5.92. The number of fused-ring (bicyclic) bond motifs is 1. The van der Waals surface area contributed by atoms with E-state index >= 15 is 0 Å². The van der Waals surface area contributed by atoms with E-state index in [0.29, 0.717) is 12.0 Å². The predicted molar refractivity (Wildman–Crippen MR) is 127 cm³/mol. The van der Waals surface area contributed by atoms with E-state index < -0.39 is 0 Å². The van der Waals surface area contributed by atoms with Crippen molar-refractivity contribution >= 4 is 23.3 Å². The first-order chi connectivity index (χ1) is 15.4. The fraction of sp³-hybridized carbons (Fsp3) is 0.259. The molecule has 4 rings (SSSR count). The molecule has 1 heterocycles. The van der Waals surface area contributed by atoms with Crippen LogP contribution in [0.1, 0.15) is 46.9 Å². The van der Waals surface area contributed by atoms with Crippen molar-refractivity contribution in [3.8, 4) is 0 Å². The third-order valence-electron chi connectivity index (χ3n) is 5.99. The average Bonchev–Trinajstić information content (AvgIpc) is 2.78. The molecule has 0 saturated heterocycles. The largest absolute Gasteiger partial charge is 0.465 e. The molecule has 3 aromatic rings. The topological polar surface area (TPSA) is 67.4 Å². The molecule has 2 N–H and O–H groups in total. The maximum atomic E-state index is 12.3. The maximum Gasteiger partial charge on any atom is 0.337 e. The average molecular weight is 429 g/mol. The van der Waals surface area contributed by atoms with Gasteiger partial charge in [0, 0.05) is 11.4 Å². The van der Waals surface area contributed by atoms with Gasteiger partial charge in [0.15, 0.2) is 0 Å². The number of nitrogens with one attached hydrogen (secondary N) is 2. The Bertz CT molecular complexity index is 1120. The Morgan fingerprint density at radius 1 is 1.03 bits per heavy atom. The van der Waals surface area contributed by atoms with E-state index in [2.05, 4.69) is 36.6 Å². The summed E-state index contributed by atoms with van der Waals surface area (Å²) in [5.74, 6) is -0.354. The van der Waals surface area contributed by atoms with Crippen LogP contribution in [-0.4, -0.2) is 19.0 Å². The van der Waals surface area contributed by atoms with Gasteiger partial charge in [0.05, 0.1) is 25.1 Å². The van der Waals surface area contributed by atoms with Gasteiger partial charge in [-0.15, -0.1) is 0 Å². The van der Waals surface area contributed by atoms with Crippen LogP contribution in [0.2, 0.25) is 0 Å². The van der Waals surface area contributed by atoms with Gasteiger partial charge < -0.3 is 15.4 Å². The van der Waals surface area contributed by atoms with E-state index in [4.69, 9.17) is 4.74 Å². The number of hydrogen-bond acceptors (Lipinski definition) is 4. The molecule has 0 fully saturated rings. The predicted octanol–water partition coefficient (Wildman–Crippen LogP) is 5.39. The van der Waals surface area contributed by atoms with Gasteiger partial charge in [-0.1, -0.05) is 56.3 Å². The fourth-order valence-electron chi connectivity index (χ4n) is 4.35. The molecule has 0 aromatic heterocycles. The number of methoxy groups -OCH3 is 1. The van der Waals surface area contributed by atoms with Gasteiger partial charge in [0.2, 0.25) is 5.91 Å². The Hall–Kier alpha value is -3.60. The molecule has 164 valence electrons.